The first-order chi connectivity index (χ1) is 9.11. The van der Waals surface area contributed by atoms with Crippen molar-refractivity contribution in [2.24, 2.45) is 0 Å². The van der Waals surface area contributed by atoms with E-state index in [0.717, 1.165) is 5.56 Å². The van der Waals surface area contributed by atoms with Crippen LogP contribution in [-0.2, 0) is 16.4 Å². The van der Waals surface area contributed by atoms with Crippen molar-refractivity contribution in [3.8, 4) is 11.4 Å². The Morgan fingerprint density at radius 2 is 2.00 bits per heavy atom. The Hall–Kier alpha value is -1.73. The van der Waals surface area contributed by atoms with E-state index in [1.807, 2.05) is 30.3 Å². The first kappa shape index (κ1) is 13.7. The van der Waals surface area contributed by atoms with Crippen molar-refractivity contribution in [3.63, 3.8) is 0 Å². The summed E-state index contributed by atoms with van der Waals surface area (Å²) < 4.78 is 30.0. The van der Waals surface area contributed by atoms with E-state index in [9.17, 15) is 8.42 Å². The number of aromatic nitrogens is 2. The van der Waals surface area contributed by atoms with Crippen LogP contribution in [0.5, 0.6) is 0 Å². The summed E-state index contributed by atoms with van der Waals surface area (Å²) >= 11 is 0. The van der Waals surface area contributed by atoms with Gasteiger partial charge in [0.25, 0.3) is 0 Å². The molecule has 102 valence electrons. The van der Waals surface area contributed by atoms with Crippen LogP contribution in [0.25, 0.3) is 11.4 Å². The third-order valence-electron chi connectivity index (χ3n) is 2.54. The molecule has 1 aromatic heterocycles. The normalized spacial score (nSPS) is 11.6. The van der Waals surface area contributed by atoms with Gasteiger partial charge in [-0.2, -0.15) is 4.98 Å². The molecule has 0 aliphatic heterocycles. The van der Waals surface area contributed by atoms with Crippen molar-refractivity contribution in [2.45, 2.75) is 13.3 Å². The van der Waals surface area contributed by atoms with Gasteiger partial charge in [0.1, 0.15) is 0 Å². The molecule has 0 bridgehead atoms. The van der Waals surface area contributed by atoms with E-state index in [-0.39, 0.29) is 12.3 Å². The molecule has 0 unspecified atom stereocenters. The number of nitrogens with zero attached hydrogens (tertiary/aromatic N) is 2. The lowest BCUT2D eigenvalue weighted by Gasteiger charge is -2.00. The first-order valence-electron chi connectivity index (χ1n) is 5.96. The van der Waals surface area contributed by atoms with E-state index in [1.54, 1.807) is 6.92 Å². The highest BCUT2D eigenvalue weighted by atomic mass is 32.2. The summed E-state index contributed by atoms with van der Waals surface area (Å²) in [5.74, 6) is 0.984. The van der Waals surface area contributed by atoms with Gasteiger partial charge in [0, 0.05) is 18.5 Å². The molecule has 0 fully saturated rings. The molecule has 0 aliphatic carbocycles. The summed E-state index contributed by atoms with van der Waals surface area (Å²) in [6.07, 6.45) is 0.374. The van der Waals surface area contributed by atoms with E-state index in [0.29, 0.717) is 18.1 Å². The van der Waals surface area contributed by atoms with E-state index >= 15 is 0 Å². The number of benzene rings is 1. The molecular formula is C12H15N3O3S. The summed E-state index contributed by atoms with van der Waals surface area (Å²) in [6, 6.07) is 9.45. The van der Waals surface area contributed by atoms with Crippen molar-refractivity contribution in [1.29, 1.82) is 0 Å². The van der Waals surface area contributed by atoms with Gasteiger partial charge in [-0.15, -0.1) is 0 Å². The molecule has 1 aromatic carbocycles. The molecule has 0 amide bonds. The van der Waals surface area contributed by atoms with Crippen molar-refractivity contribution in [1.82, 2.24) is 14.9 Å². The number of nitrogens with one attached hydrogen (secondary N) is 1. The number of hydrogen-bond donors (Lipinski definition) is 1. The predicted molar refractivity (Wildman–Crippen MR) is 70.9 cm³/mol. The summed E-state index contributed by atoms with van der Waals surface area (Å²) in [4.78, 5) is 4.21. The van der Waals surface area contributed by atoms with Crippen LogP contribution in [0.4, 0.5) is 0 Å². The Bertz CT molecular complexity index is 623. The average Bonchev–Trinajstić information content (AvgIpc) is 2.88. The Morgan fingerprint density at radius 3 is 2.68 bits per heavy atom. The van der Waals surface area contributed by atoms with Gasteiger partial charge in [0.15, 0.2) is 0 Å². The monoisotopic (exact) mass is 281 g/mol. The number of hydrogen-bond acceptors (Lipinski definition) is 5. The van der Waals surface area contributed by atoms with Crippen LogP contribution in [0.2, 0.25) is 0 Å². The second kappa shape index (κ2) is 5.94. The SMILES string of the molecule is CCS(=O)(=O)NCCc1nc(-c2ccccc2)no1. The van der Waals surface area contributed by atoms with E-state index < -0.39 is 10.0 Å². The minimum absolute atomic E-state index is 0.0616. The van der Waals surface area contributed by atoms with Crippen molar-refractivity contribution in [3.05, 3.63) is 36.2 Å². The molecule has 0 radical (unpaired) electrons. The minimum Gasteiger partial charge on any atom is -0.339 e. The molecule has 2 aromatic rings. The van der Waals surface area contributed by atoms with Crippen LogP contribution < -0.4 is 4.72 Å². The van der Waals surface area contributed by atoms with Crippen molar-refractivity contribution < 1.29 is 12.9 Å². The van der Waals surface area contributed by atoms with Gasteiger partial charge in [-0.25, -0.2) is 13.1 Å². The number of rotatable bonds is 6. The Balaban J connectivity index is 1.95. The van der Waals surface area contributed by atoms with E-state index in [2.05, 4.69) is 14.9 Å². The van der Waals surface area contributed by atoms with Crippen LogP contribution in [-0.4, -0.2) is 30.9 Å². The van der Waals surface area contributed by atoms with Gasteiger partial charge in [0.05, 0.1) is 5.75 Å². The topological polar surface area (TPSA) is 85.1 Å². The highest BCUT2D eigenvalue weighted by Crippen LogP contribution is 2.14. The van der Waals surface area contributed by atoms with Gasteiger partial charge < -0.3 is 4.52 Å². The Labute approximate surface area is 111 Å². The second-order valence-electron chi connectivity index (χ2n) is 3.93. The van der Waals surface area contributed by atoms with Crippen LogP contribution in [0, 0.1) is 0 Å². The summed E-state index contributed by atoms with van der Waals surface area (Å²) in [6.45, 7) is 1.84. The standard InChI is InChI=1S/C12H15N3O3S/c1-2-19(16,17)13-9-8-11-14-12(15-18-11)10-6-4-3-5-7-10/h3-7,13H,2,8-9H2,1H3. The summed E-state index contributed by atoms with van der Waals surface area (Å²) in [5, 5.41) is 3.86. The maximum Gasteiger partial charge on any atom is 0.228 e. The fourth-order valence-corrected chi connectivity index (χ4v) is 2.09. The third kappa shape index (κ3) is 3.87. The molecule has 7 heteroatoms. The molecule has 19 heavy (non-hydrogen) atoms. The van der Waals surface area contributed by atoms with Crippen LogP contribution >= 0.6 is 0 Å². The highest BCUT2D eigenvalue weighted by molar-refractivity contribution is 7.89. The molecule has 1 heterocycles. The zero-order valence-electron chi connectivity index (χ0n) is 10.5. The van der Waals surface area contributed by atoms with Crippen LogP contribution in [0.1, 0.15) is 12.8 Å². The van der Waals surface area contributed by atoms with Gasteiger partial charge >= 0.3 is 0 Å². The van der Waals surface area contributed by atoms with Gasteiger partial charge in [-0.1, -0.05) is 35.5 Å². The smallest absolute Gasteiger partial charge is 0.228 e. The summed E-state index contributed by atoms with van der Waals surface area (Å²) in [7, 11) is -3.17. The van der Waals surface area contributed by atoms with Gasteiger partial charge in [-0.3, -0.25) is 0 Å². The number of sulfonamides is 1. The second-order valence-corrected chi connectivity index (χ2v) is 6.02. The van der Waals surface area contributed by atoms with Gasteiger partial charge in [0.2, 0.25) is 21.7 Å². The fraction of sp³-hybridized carbons (Fsp3) is 0.333. The zero-order valence-corrected chi connectivity index (χ0v) is 11.4. The van der Waals surface area contributed by atoms with Gasteiger partial charge in [-0.05, 0) is 6.92 Å². The highest BCUT2D eigenvalue weighted by Gasteiger charge is 2.10. The lowest BCUT2D eigenvalue weighted by Crippen LogP contribution is -2.27. The van der Waals surface area contributed by atoms with Crippen molar-refractivity contribution >= 4 is 10.0 Å². The molecule has 2 rings (SSSR count). The molecule has 1 N–H and O–H groups in total. The molecule has 0 spiro atoms. The molecule has 0 saturated carbocycles. The molecular weight excluding hydrogens is 266 g/mol. The molecule has 6 nitrogen and oxygen atoms in total. The average molecular weight is 281 g/mol. The molecule has 0 aliphatic rings. The fourth-order valence-electron chi connectivity index (χ4n) is 1.48. The maximum atomic E-state index is 11.2. The molecule has 0 atom stereocenters. The molecule has 0 saturated heterocycles. The van der Waals surface area contributed by atoms with E-state index in [1.165, 1.54) is 0 Å². The van der Waals surface area contributed by atoms with E-state index in [4.69, 9.17) is 4.52 Å². The lowest BCUT2D eigenvalue weighted by molar-refractivity contribution is 0.379. The zero-order chi connectivity index (χ0) is 13.7. The minimum atomic E-state index is -3.17. The quantitative estimate of drug-likeness (QED) is 0.860. The largest absolute Gasteiger partial charge is 0.339 e. The lowest BCUT2D eigenvalue weighted by atomic mass is 10.2. The Morgan fingerprint density at radius 1 is 1.26 bits per heavy atom. The van der Waals surface area contributed by atoms with Crippen LogP contribution in [0.3, 0.4) is 0 Å². The van der Waals surface area contributed by atoms with Crippen molar-refractivity contribution in [2.75, 3.05) is 12.3 Å². The maximum absolute atomic E-state index is 11.2. The predicted octanol–water partition coefficient (Wildman–Crippen LogP) is 1.22. The first-order valence-corrected chi connectivity index (χ1v) is 7.61. The summed E-state index contributed by atoms with van der Waals surface area (Å²) in [5.41, 5.74) is 0.867. The Kier molecular flexibility index (Phi) is 4.28. The third-order valence-corrected chi connectivity index (χ3v) is 3.94. The van der Waals surface area contributed by atoms with Crippen LogP contribution in [0.15, 0.2) is 34.9 Å².